The Morgan fingerprint density at radius 1 is 1.31 bits per heavy atom. The van der Waals surface area contributed by atoms with E-state index < -0.39 is 23.0 Å². The lowest BCUT2D eigenvalue weighted by molar-refractivity contribution is -0.133. The Bertz CT molecular complexity index is 282. The first-order valence-corrected chi connectivity index (χ1v) is 5.04. The van der Waals surface area contributed by atoms with Gasteiger partial charge >= 0.3 is 0 Å². The average Bonchev–Trinajstić information content (AvgIpc) is 2.11. The van der Waals surface area contributed by atoms with Crippen LogP contribution in [0.5, 0.6) is 0 Å². The third-order valence-electron chi connectivity index (χ3n) is 2.96. The molecule has 1 unspecified atom stereocenters. The van der Waals surface area contributed by atoms with Crippen molar-refractivity contribution in [1.29, 1.82) is 0 Å². The summed E-state index contributed by atoms with van der Waals surface area (Å²) in [6.07, 6.45) is -1.37. The first kappa shape index (κ1) is 14.9. The minimum Gasteiger partial charge on any atom is -0.381 e. The number of nitrogens with one attached hydrogen (secondary N) is 1. The second-order valence-corrected chi connectivity index (χ2v) is 4.97. The van der Waals surface area contributed by atoms with Crippen molar-refractivity contribution in [1.82, 2.24) is 5.32 Å². The van der Waals surface area contributed by atoms with Crippen molar-refractivity contribution in [3.63, 3.8) is 0 Å². The zero-order valence-corrected chi connectivity index (χ0v) is 10.2. The molecule has 0 heterocycles. The fraction of sp³-hybridized carbons (Fsp3) is 0.800. The molecule has 6 N–H and O–H groups in total. The minimum absolute atomic E-state index is 0.201. The molecule has 0 aromatic heterocycles. The second-order valence-electron chi connectivity index (χ2n) is 4.97. The molecular formula is C10H21N3O3. The highest BCUT2D eigenvalue weighted by Crippen LogP contribution is 2.28. The molecule has 0 radical (unpaired) electrons. The Labute approximate surface area is 95.4 Å². The normalized spacial score (nSPS) is 14.4. The average molecular weight is 231 g/mol. The van der Waals surface area contributed by atoms with Gasteiger partial charge < -0.3 is 21.9 Å². The van der Waals surface area contributed by atoms with Crippen LogP contribution in [0, 0.1) is 5.41 Å². The van der Waals surface area contributed by atoms with E-state index in [4.69, 9.17) is 16.6 Å². The highest BCUT2D eigenvalue weighted by atomic mass is 16.3. The van der Waals surface area contributed by atoms with Crippen LogP contribution in [0.2, 0.25) is 0 Å². The molecule has 0 bridgehead atoms. The molecule has 0 aromatic carbocycles. The van der Waals surface area contributed by atoms with Gasteiger partial charge in [0.15, 0.2) is 0 Å². The lowest BCUT2D eigenvalue weighted by atomic mass is 9.74. The van der Waals surface area contributed by atoms with Gasteiger partial charge in [0.25, 0.3) is 0 Å². The summed E-state index contributed by atoms with van der Waals surface area (Å²) >= 11 is 0. The van der Waals surface area contributed by atoms with Crippen molar-refractivity contribution in [2.75, 3.05) is 6.54 Å². The molecule has 0 saturated heterocycles. The summed E-state index contributed by atoms with van der Waals surface area (Å²) in [7, 11) is 0. The maximum Gasteiger partial charge on any atom is 0.248 e. The van der Waals surface area contributed by atoms with Crippen molar-refractivity contribution >= 4 is 11.8 Å². The number of aliphatic hydroxyl groups is 1. The van der Waals surface area contributed by atoms with Gasteiger partial charge in [0, 0.05) is 5.54 Å². The van der Waals surface area contributed by atoms with Gasteiger partial charge in [0.1, 0.15) is 6.10 Å². The molecule has 0 rings (SSSR count). The van der Waals surface area contributed by atoms with Crippen LogP contribution in [0.1, 0.15) is 27.7 Å². The van der Waals surface area contributed by atoms with E-state index in [2.05, 4.69) is 5.32 Å². The molecule has 0 spiro atoms. The SMILES string of the molecule is CC(C)(N)C(C)(C)C(=O)NCC(O)C(N)=O. The molecule has 1 atom stereocenters. The highest BCUT2D eigenvalue weighted by Gasteiger charge is 2.40. The number of carbonyl (C=O) groups is 2. The van der Waals surface area contributed by atoms with Gasteiger partial charge in [-0.15, -0.1) is 0 Å². The van der Waals surface area contributed by atoms with Crippen LogP contribution < -0.4 is 16.8 Å². The van der Waals surface area contributed by atoms with Crippen molar-refractivity contribution in [3.05, 3.63) is 0 Å². The number of amides is 2. The molecule has 0 aliphatic heterocycles. The lowest BCUT2D eigenvalue weighted by Gasteiger charge is -2.37. The van der Waals surface area contributed by atoms with E-state index in [9.17, 15) is 9.59 Å². The van der Waals surface area contributed by atoms with Crippen LogP contribution in [-0.2, 0) is 9.59 Å². The summed E-state index contributed by atoms with van der Waals surface area (Å²) in [6.45, 7) is 6.65. The monoisotopic (exact) mass is 231 g/mol. The van der Waals surface area contributed by atoms with E-state index >= 15 is 0 Å². The van der Waals surface area contributed by atoms with Gasteiger partial charge in [-0.25, -0.2) is 0 Å². The van der Waals surface area contributed by atoms with Gasteiger partial charge in [-0.1, -0.05) is 0 Å². The van der Waals surface area contributed by atoms with E-state index in [1.54, 1.807) is 27.7 Å². The topological polar surface area (TPSA) is 118 Å². The maximum atomic E-state index is 11.8. The summed E-state index contributed by atoms with van der Waals surface area (Å²) in [5.74, 6) is -1.20. The van der Waals surface area contributed by atoms with Crippen LogP contribution in [0.4, 0.5) is 0 Å². The Morgan fingerprint density at radius 3 is 2.06 bits per heavy atom. The Kier molecular flexibility index (Phi) is 4.45. The number of rotatable bonds is 5. The second kappa shape index (κ2) is 4.80. The summed E-state index contributed by atoms with van der Waals surface area (Å²) in [5, 5.41) is 11.6. The predicted octanol–water partition coefficient (Wildman–Crippen LogP) is -1.29. The molecule has 0 saturated carbocycles. The van der Waals surface area contributed by atoms with Gasteiger partial charge in [-0.3, -0.25) is 9.59 Å². The Balaban J connectivity index is 4.44. The van der Waals surface area contributed by atoms with E-state index in [0.29, 0.717) is 0 Å². The molecule has 16 heavy (non-hydrogen) atoms. The molecule has 0 aromatic rings. The van der Waals surface area contributed by atoms with Gasteiger partial charge in [-0.2, -0.15) is 0 Å². The summed E-state index contributed by atoms with van der Waals surface area (Å²) in [4.78, 5) is 22.3. The van der Waals surface area contributed by atoms with Crippen LogP contribution in [0.15, 0.2) is 0 Å². The van der Waals surface area contributed by atoms with Crippen LogP contribution >= 0.6 is 0 Å². The van der Waals surface area contributed by atoms with Crippen molar-refractivity contribution in [2.24, 2.45) is 16.9 Å². The Morgan fingerprint density at radius 2 is 1.75 bits per heavy atom. The highest BCUT2D eigenvalue weighted by molar-refractivity contribution is 5.84. The molecule has 0 aliphatic rings. The van der Waals surface area contributed by atoms with Crippen LogP contribution in [0.25, 0.3) is 0 Å². The van der Waals surface area contributed by atoms with Crippen molar-refractivity contribution in [3.8, 4) is 0 Å². The molecule has 0 fully saturated rings. The molecular weight excluding hydrogens is 210 g/mol. The number of hydrogen-bond donors (Lipinski definition) is 4. The number of carbonyl (C=O) groups excluding carboxylic acids is 2. The summed E-state index contributed by atoms with van der Waals surface area (Å²) < 4.78 is 0. The molecule has 2 amide bonds. The largest absolute Gasteiger partial charge is 0.381 e. The van der Waals surface area contributed by atoms with Gasteiger partial charge in [0.2, 0.25) is 11.8 Å². The van der Waals surface area contributed by atoms with Gasteiger partial charge in [-0.05, 0) is 27.7 Å². The number of aliphatic hydroxyl groups excluding tert-OH is 1. The van der Waals surface area contributed by atoms with E-state index in [0.717, 1.165) is 0 Å². The Hall–Kier alpha value is -1.14. The van der Waals surface area contributed by atoms with Gasteiger partial charge in [0.05, 0.1) is 12.0 Å². The fourth-order valence-electron chi connectivity index (χ4n) is 0.804. The molecule has 6 heteroatoms. The summed E-state index contributed by atoms with van der Waals surface area (Å²) in [5.41, 5.74) is 9.19. The molecule has 94 valence electrons. The zero-order chi connectivity index (χ0) is 13.1. The van der Waals surface area contributed by atoms with Crippen molar-refractivity contribution in [2.45, 2.75) is 39.3 Å². The van der Waals surface area contributed by atoms with Crippen molar-refractivity contribution < 1.29 is 14.7 Å². The smallest absolute Gasteiger partial charge is 0.248 e. The maximum absolute atomic E-state index is 11.8. The number of hydrogen-bond acceptors (Lipinski definition) is 4. The third kappa shape index (κ3) is 3.46. The fourth-order valence-corrected chi connectivity index (χ4v) is 0.804. The zero-order valence-electron chi connectivity index (χ0n) is 10.2. The standard InChI is InChI=1S/C10H21N3O3/c1-9(2,10(3,4)12)8(16)13-5-6(14)7(11)15/h6,14H,5,12H2,1-4H3,(H2,11,15)(H,13,16). The quantitative estimate of drug-likeness (QED) is 0.471. The first-order chi connectivity index (χ1) is 7.00. The summed E-state index contributed by atoms with van der Waals surface area (Å²) in [6, 6.07) is 0. The van der Waals surface area contributed by atoms with E-state index in [1.165, 1.54) is 0 Å². The molecule has 0 aliphatic carbocycles. The van der Waals surface area contributed by atoms with Crippen LogP contribution in [0.3, 0.4) is 0 Å². The number of nitrogens with two attached hydrogens (primary N) is 2. The van der Waals surface area contributed by atoms with Crippen LogP contribution in [-0.4, -0.2) is 35.1 Å². The van der Waals surface area contributed by atoms with E-state index in [-0.39, 0.29) is 12.5 Å². The minimum atomic E-state index is -1.37. The predicted molar refractivity (Wildman–Crippen MR) is 60.3 cm³/mol. The first-order valence-electron chi connectivity index (χ1n) is 5.04. The number of primary amides is 1. The molecule has 6 nitrogen and oxygen atoms in total. The lowest BCUT2D eigenvalue weighted by Crippen LogP contribution is -2.56. The third-order valence-corrected chi connectivity index (χ3v) is 2.96. The van der Waals surface area contributed by atoms with E-state index in [1.807, 2.05) is 0 Å².